The van der Waals surface area contributed by atoms with Crippen LogP contribution in [0.4, 0.5) is 0 Å². The van der Waals surface area contributed by atoms with Crippen LogP contribution in [0.2, 0.25) is 0 Å². The minimum Gasteiger partial charge on any atom is -0.383 e. The molecule has 1 saturated carbocycles. The number of carbonyl (C=O) groups is 1. The number of ether oxygens (including phenoxy) is 1. The van der Waals surface area contributed by atoms with Crippen LogP contribution in [0, 0.1) is 5.92 Å². The maximum Gasteiger partial charge on any atom is 0.235 e. The summed E-state index contributed by atoms with van der Waals surface area (Å²) in [5.41, 5.74) is 5.49. The zero-order valence-electron chi connectivity index (χ0n) is 12.7. The molecule has 1 rings (SSSR count). The first-order chi connectivity index (χ1) is 8.95. The van der Waals surface area contributed by atoms with Gasteiger partial charge in [-0.05, 0) is 25.7 Å². The van der Waals surface area contributed by atoms with Gasteiger partial charge in [0, 0.05) is 32.3 Å². The molecule has 0 spiro atoms. The normalized spacial score (nSPS) is 18.8. The predicted molar refractivity (Wildman–Crippen MR) is 76.9 cm³/mol. The van der Waals surface area contributed by atoms with Crippen molar-refractivity contribution in [3.05, 3.63) is 0 Å². The van der Waals surface area contributed by atoms with E-state index in [0.717, 1.165) is 12.5 Å². The van der Waals surface area contributed by atoms with Gasteiger partial charge in [-0.1, -0.05) is 13.8 Å². The molecule has 0 aromatic carbocycles. The van der Waals surface area contributed by atoms with Crippen molar-refractivity contribution in [1.29, 1.82) is 0 Å². The van der Waals surface area contributed by atoms with Crippen LogP contribution < -0.4 is 11.1 Å². The van der Waals surface area contributed by atoms with Gasteiger partial charge in [-0.2, -0.15) is 0 Å². The van der Waals surface area contributed by atoms with Gasteiger partial charge in [0.1, 0.15) is 0 Å². The van der Waals surface area contributed by atoms with E-state index in [-0.39, 0.29) is 18.0 Å². The molecule has 0 heterocycles. The van der Waals surface area contributed by atoms with E-state index in [9.17, 15) is 4.79 Å². The van der Waals surface area contributed by atoms with Crippen LogP contribution in [-0.4, -0.2) is 55.7 Å². The molecule has 5 heteroatoms. The van der Waals surface area contributed by atoms with Crippen molar-refractivity contribution in [3.8, 4) is 0 Å². The second-order valence-corrected chi connectivity index (χ2v) is 5.84. The van der Waals surface area contributed by atoms with Crippen LogP contribution in [0.15, 0.2) is 0 Å². The monoisotopic (exact) mass is 271 g/mol. The van der Waals surface area contributed by atoms with E-state index in [2.05, 4.69) is 17.1 Å². The Morgan fingerprint density at radius 1 is 1.42 bits per heavy atom. The Hall–Kier alpha value is -0.650. The molecule has 0 saturated heterocycles. The number of carbonyl (C=O) groups excluding carboxylic acids is 1. The fraction of sp³-hybridized carbons (Fsp3) is 0.929. The topological polar surface area (TPSA) is 67.6 Å². The van der Waals surface area contributed by atoms with Gasteiger partial charge < -0.3 is 15.8 Å². The maximum atomic E-state index is 11.6. The Labute approximate surface area is 116 Å². The molecule has 1 aliphatic carbocycles. The lowest BCUT2D eigenvalue weighted by Crippen LogP contribution is -2.53. The zero-order chi connectivity index (χ0) is 14.4. The van der Waals surface area contributed by atoms with E-state index in [1.165, 1.54) is 12.8 Å². The fourth-order valence-electron chi connectivity index (χ4n) is 2.41. The van der Waals surface area contributed by atoms with Gasteiger partial charge in [0.2, 0.25) is 5.91 Å². The van der Waals surface area contributed by atoms with E-state index < -0.39 is 0 Å². The summed E-state index contributed by atoms with van der Waals surface area (Å²) in [6.45, 7) is 8.48. The standard InChI is InChI=1S/C14H29N3O2/c1-10(2)16-13(14(15)18)9-17(7-8-19-4)11(3)12-5-6-12/h10-13,16H,5-9H2,1-4H3,(H2,15,18). The minimum absolute atomic E-state index is 0.248. The minimum atomic E-state index is -0.293. The third-order valence-electron chi connectivity index (χ3n) is 3.76. The van der Waals surface area contributed by atoms with E-state index in [4.69, 9.17) is 10.5 Å². The molecule has 0 aromatic heterocycles. The van der Waals surface area contributed by atoms with E-state index in [1.807, 2.05) is 13.8 Å². The van der Waals surface area contributed by atoms with Crippen molar-refractivity contribution in [1.82, 2.24) is 10.2 Å². The van der Waals surface area contributed by atoms with Gasteiger partial charge in [0.05, 0.1) is 12.6 Å². The van der Waals surface area contributed by atoms with Crippen molar-refractivity contribution in [2.75, 3.05) is 26.8 Å². The summed E-state index contributed by atoms with van der Waals surface area (Å²) in [5, 5.41) is 3.24. The van der Waals surface area contributed by atoms with Gasteiger partial charge in [-0.15, -0.1) is 0 Å². The molecule has 1 fully saturated rings. The van der Waals surface area contributed by atoms with Crippen molar-refractivity contribution < 1.29 is 9.53 Å². The van der Waals surface area contributed by atoms with Gasteiger partial charge in [-0.3, -0.25) is 9.69 Å². The summed E-state index contributed by atoms with van der Waals surface area (Å²) in [4.78, 5) is 13.9. The van der Waals surface area contributed by atoms with Gasteiger partial charge in [0.15, 0.2) is 0 Å². The van der Waals surface area contributed by atoms with Crippen molar-refractivity contribution in [3.63, 3.8) is 0 Å². The lowest BCUT2D eigenvalue weighted by Gasteiger charge is -2.32. The van der Waals surface area contributed by atoms with Gasteiger partial charge in [0.25, 0.3) is 0 Å². The van der Waals surface area contributed by atoms with Crippen LogP contribution in [-0.2, 0) is 9.53 Å². The average molecular weight is 271 g/mol. The highest BCUT2D eigenvalue weighted by Gasteiger charge is 2.33. The third-order valence-corrected chi connectivity index (χ3v) is 3.76. The predicted octanol–water partition coefficient (Wildman–Crippen LogP) is 0.585. The summed E-state index contributed by atoms with van der Waals surface area (Å²) >= 11 is 0. The van der Waals surface area contributed by atoms with Crippen molar-refractivity contribution in [2.24, 2.45) is 11.7 Å². The van der Waals surface area contributed by atoms with Crippen molar-refractivity contribution >= 4 is 5.91 Å². The van der Waals surface area contributed by atoms with Crippen LogP contribution in [0.5, 0.6) is 0 Å². The van der Waals surface area contributed by atoms with Crippen LogP contribution in [0.1, 0.15) is 33.6 Å². The summed E-state index contributed by atoms with van der Waals surface area (Å²) in [6.07, 6.45) is 2.59. The van der Waals surface area contributed by atoms with Crippen LogP contribution in [0.25, 0.3) is 0 Å². The second kappa shape index (κ2) is 7.82. The molecule has 3 N–H and O–H groups in total. The molecule has 2 atom stereocenters. The first kappa shape index (κ1) is 16.4. The summed E-state index contributed by atoms with van der Waals surface area (Å²) in [7, 11) is 1.71. The second-order valence-electron chi connectivity index (χ2n) is 5.84. The average Bonchev–Trinajstić information content (AvgIpc) is 3.15. The number of amides is 1. The smallest absolute Gasteiger partial charge is 0.235 e. The molecule has 0 bridgehead atoms. The summed E-state index contributed by atoms with van der Waals surface area (Å²) < 4.78 is 5.17. The maximum absolute atomic E-state index is 11.6. The summed E-state index contributed by atoms with van der Waals surface area (Å²) in [5.74, 6) is 0.489. The summed E-state index contributed by atoms with van der Waals surface area (Å²) in [6, 6.07) is 0.446. The molecular formula is C14H29N3O2. The van der Waals surface area contributed by atoms with Gasteiger partial charge in [-0.25, -0.2) is 0 Å². The molecular weight excluding hydrogens is 242 g/mol. The Balaban J connectivity index is 2.58. The molecule has 0 aliphatic heterocycles. The first-order valence-electron chi connectivity index (χ1n) is 7.24. The number of nitrogens with one attached hydrogen (secondary N) is 1. The molecule has 112 valence electrons. The fourth-order valence-corrected chi connectivity index (χ4v) is 2.41. The molecule has 1 amide bonds. The van der Waals surface area contributed by atoms with E-state index >= 15 is 0 Å². The number of hydrogen-bond acceptors (Lipinski definition) is 4. The number of nitrogens with two attached hydrogens (primary N) is 1. The number of methoxy groups -OCH3 is 1. The molecule has 0 aromatic rings. The molecule has 2 unspecified atom stereocenters. The quantitative estimate of drug-likeness (QED) is 0.610. The third kappa shape index (κ3) is 5.89. The lowest BCUT2D eigenvalue weighted by molar-refractivity contribution is -0.120. The molecule has 1 aliphatic rings. The van der Waals surface area contributed by atoms with Crippen LogP contribution in [0.3, 0.4) is 0 Å². The number of nitrogens with zero attached hydrogens (tertiary/aromatic N) is 1. The Morgan fingerprint density at radius 3 is 2.47 bits per heavy atom. The number of hydrogen-bond donors (Lipinski definition) is 2. The van der Waals surface area contributed by atoms with Gasteiger partial charge >= 0.3 is 0 Å². The van der Waals surface area contributed by atoms with E-state index in [0.29, 0.717) is 19.2 Å². The highest BCUT2D eigenvalue weighted by molar-refractivity contribution is 5.80. The van der Waals surface area contributed by atoms with E-state index in [1.54, 1.807) is 7.11 Å². The Morgan fingerprint density at radius 2 is 2.05 bits per heavy atom. The zero-order valence-corrected chi connectivity index (χ0v) is 12.7. The largest absolute Gasteiger partial charge is 0.383 e. The highest BCUT2D eigenvalue weighted by atomic mass is 16.5. The Bertz CT molecular complexity index is 280. The molecule has 0 radical (unpaired) electrons. The van der Waals surface area contributed by atoms with Crippen LogP contribution >= 0.6 is 0 Å². The lowest BCUT2D eigenvalue weighted by atomic mass is 10.1. The Kier molecular flexibility index (Phi) is 6.75. The molecule has 19 heavy (non-hydrogen) atoms. The number of rotatable bonds is 10. The first-order valence-corrected chi connectivity index (χ1v) is 7.24. The van der Waals surface area contributed by atoms with Crippen molar-refractivity contribution in [2.45, 2.75) is 51.7 Å². The highest BCUT2D eigenvalue weighted by Crippen LogP contribution is 2.35. The number of primary amides is 1. The molecule has 5 nitrogen and oxygen atoms in total. The SMILES string of the molecule is COCCN(CC(NC(C)C)C(N)=O)C(C)C1CC1.